The normalized spacial score (nSPS) is 11.3. The standard InChI is InChI=1S/C31H24N2/c1-21-9-6-7-12-26(21)27-19-23(15-14-22(27)2)24-16-17-29-28(20-24)31-30(13-8-18-32-31)33(29)25-10-4-3-5-11-25/h3-20H,1-2H3. The van der Waals surface area contributed by atoms with Crippen molar-refractivity contribution in [2.75, 3.05) is 0 Å². The third kappa shape index (κ3) is 3.23. The molecule has 0 atom stereocenters. The first-order valence-electron chi connectivity index (χ1n) is 11.3. The topological polar surface area (TPSA) is 17.8 Å². The van der Waals surface area contributed by atoms with Crippen molar-refractivity contribution >= 4 is 21.9 Å². The van der Waals surface area contributed by atoms with E-state index in [9.17, 15) is 0 Å². The summed E-state index contributed by atoms with van der Waals surface area (Å²) in [4.78, 5) is 4.76. The van der Waals surface area contributed by atoms with Crippen LogP contribution in [0, 0.1) is 13.8 Å². The molecule has 0 saturated heterocycles. The number of benzene rings is 4. The summed E-state index contributed by atoms with van der Waals surface area (Å²) in [6, 6.07) is 36.8. The van der Waals surface area contributed by atoms with Gasteiger partial charge in [-0.05, 0) is 89.7 Å². The van der Waals surface area contributed by atoms with E-state index in [4.69, 9.17) is 4.98 Å². The molecular weight excluding hydrogens is 400 g/mol. The summed E-state index contributed by atoms with van der Waals surface area (Å²) in [6.45, 7) is 4.36. The summed E-state index contributed by atoms with van der Waals surface area (Å²) in [5.74, 6) is 0. The van der Waals surface area contributed by atoms with Crippen molar-refractivity contribution in [3.8, 4) is 27.9 Å². The van der Waals surface area contributed by atoms with Crippen molar-refractivity contribution in [2.24, 2.45) is 0 Å². The summed E-state index contributed by atoms with van der Waals surface area (Å²) in [7, 11) is 0. The van der Waals surface area contributed by atoms with Gasteiger partial charge in [-0.15, -0.1) is 0 Å². The minimum absolute atomic E-state index is 1.03. The lowest BCUT2D eigenvalue weighted by Crippen LogP contribution is -1.93. The smallest absolute Gasteiger partial charge is 0.0963 e. The molecule has 0 aliphatic carbocycles. The summed E-state index contributed by atoms with van der Waals surface area (Å²) >= 11 is 0. The van der Waals surface area contributed by atoms with Gasteiger partial charge in [-0.1, -0.05) is 60.7 Å². The fraction of sp³-hybridized carbons (Fsp3) is 0.0645. The fourth-order valence-electron chi connectivity index (χ4n) is 4.84. The molecule has 0 aliphatic rings. The van der Waals surface area contributed by atoms with Crippen LogP contribution in [0.4, 0.5) is 0 Å². The number of aryl methyl sites for hydroxylation is 2. The fourth-order valence-corrected chi connectivity index (χ4v) is 4.84. The van der Waals surface area contributed by atoms with Crippen molar-refractivity contribution < 1.29 is 0 Å². The molecule has 2 heterocycles. The summed E-state index contributed by atoms with van der Waals surface area (Å²) in [5.41, 5.74) is 12.1. The van der Waals surface area contributed by atoms with Gasteiger partial charge in [0.1, 0.15) is 0 Å². The average Bonchev–Trinajstić information content (AvgIpc) is 3.19. The Morgan fingerprint density at radius 3 is 2.15 bits per heavy atom. The highest BCUT2D eigenvalue weighted by Crippen LogP contribution is 2.36. The lowest BCUT2D eigenvalue weighted by Gasteiger charge is -2.12. The number of hydrogen-bond donors (Lipinski definition) is 0. The second-order valence-electron chi connectivity index (χ2n) is 8.62. The zero-order valence-electron chi connectivity index (χ0n) is 18.8. The van der Waals surface area contributed by atoms with E-state index in [1.807, 2.05) is 12.3 Å². The molecule has 0 saturated carbocycles. The van der Waals surface area contributed by atoms with Crippen molar-refractivity contribution in [3.05, 3.63) is 120 Å². The summed E-state index contributed by atoms with van der Waals surface area (Å²) in [6.07, 6.45) is 1.88. The highest BCUT2D eigenvalue weighted by Gasteiger charge is 2.14. The lowest BCUT2D eigenvalue weighted by atomic mass is 9.92. The van der Waals surface area contributed by atoms with Gasteiger partial charge >= 0.3 is 0 Å². The van der Waals surface area contributed by atoms with E-state index in [0.29, 0.717) is 0 Å². The van der Waals surface area contributed by atoms with E-state index >= 15 is 0 Å². The van der Waals surface area contributed by atoms with Crippen LogP contribution >= 0.6 is 0 Å². The highest BCUT2D eigenvalue weighted by molar-refractivity contribution is 6.08. The predicted molar refractivity (Wildman–Crippen MR) is 139 cm³/mol. The number of aromatic nitrogens is 2. The summed E-state index contributed by atoms with van der Waals surface area (Å²) < 4.78 is 2.30. The second-order valence-corrected chi connectivity index (χ2v) is 8.62. The van der Waals surface area contributed by atoms with Gasteiger partial charge in [0.15, 0.2) is 0 Å². The summed E-state index contributed by atoms with van der Waals surface area (Å²) in [5, 5.41) is 1.17. The molecule has 4 aromatic carbocycles. The van der Waals surface area contributed by atoms with Crippen LogP contribution in [0.1, 0.15) is 11.1 Å². The molecule has 33 heavy (non-hydrogen) atoms. The van der Waals surface area contributed by atoms with Crippen LogP contribution in [0.25, 0.3) is 49.9 Å². The van der Waals surface area contributed by atoms with Crippen LogP contribution in [-0.2, 0) is 0 Å². The molecule has 0 bridgehead atoms. The van der Waals surface area contributed by atoms with Gasteiger partial charge in [0.05, 0.1) is 16.6 Å². The monoisotopic (exact) mass is 424 g/mol. The Labute approximate surface area is 193 Å². The first kappa shape index (κ1) is 19.5. The maximum Gasteiger partial charge on any atom is 0.0963 e. The van der Waals surface area contributed by atoms with E-state index in [1.165, 1.54) is 44.3 Å². The van der Waals surface area contributed by atoms with Crippen LogP contribution in [0.15, 0.2) is 109 Å². The van der Waals surface area contributed by atoms with Crippen LogP contribution in [0.5, 0.6) is 0 Å². The maximum atomic E-state index is 4.76. The minimum Gasteiger partial charge on any atom is -0.308 e. The second kappa shape index (κ2) is 7.75. The quantitative estimate of drug-likeness (QED) is 0.280. The Morgan fingerprint density at radius 2 is 1.30 bits per heavy atom. The molecule has 0 fully saturated rings. The van der Waals surface area contributed by atoms with Gasteiger partial charge in [0, 0.05) is 17.3 Å². The van der Waals surface area contributed by atoms with Crippen LogP contribution < -0.4 is 0 Å². The average molecular weight is 425 g/mol. The van der Waals surface area contributed by atoms with E-state index in [1.54, 1.807) is 0 Å². The number of pyridine rings is 1. The van der Waals surface area contributed by atoms with Crippen LogP contribution in [-0.4, -0.2) is 9.55 Å². The molecule has 2 nitrogen and oxygen atoms in total. The van der Waals surface area contributed by atoms with Crippen LogP contribution in [0.2, 0.25) is 0 Å². The maximum absolute atomic E-state index is 4.76. The van der Waals surface area contributed by atoms with Crippen LogP contribution in [0.3, 0.4) is 0 Å². The highest BCUT2D eigenvalue weighted by atomic mass is 15.0. The molecule has 0 N–H and O–H groups in total. The molecule has 6 aromatic rings. The molecule has 0 amide bonds. The van der Waals surface area contributed by atoms with E-state index in [-0.39, 0.29) is 0 Å². The van der Waals surface area contributed by atoms with Gasteiger partial charge < -0.3 is 4.57 Å². The third-order valence-corrected chi connectivity index (χ3v) is 6.54. The largest absolute Gasteiger partial charge is 0.308 e. The zero-order valence-corrected chi connectivity index (χ0v) is 18.8. The Morgan fingerprint density at radius 1 is 0.576 bits per heavy atom. The number of para-hydroxylation sites is 1. The van der Waals surface area contributed by atoms with Gasteiger partial charge in [0.2, 0.25) is 0 Å². The molecule has 158 valence electrons. The molecular formula is C31H24N2. The third-order valence-electron chi connectivity index (χ3n) is 6.54. The molecule has 2 heteroatoms. The molecule has 6 rings (SSSR count). The number of rotatable bonds is 3. The molecule has 0 unspecified atom stereocenters. The predicted octanol–water partition coefficient (Wildman–Crippen LogP) is 8.13. The van der Waals surface area contributed by atoms with E-state index in [2.05, 4.69) is 115 Å². The number of fused-ring (bicyclic) bond motifs is 3. The minimum atomic E-state index is 1.03. The lowest BCUT2D eigenvalue weighted by molar-refractivity contribution is 1.18. The Kier molecular flexibility index (Phi) is 4.58. The van der Waals surface area contributed by atoms with Gasteiger partial charge in [0.25, 0.3) is 0 Å². The molecule has 2 aromatic heterocycles. The Balaban J connectivity index is 1.57. The first-order chi connectivity index (χ1) is 16.2. The Hall–Kier alpha value is -4.17. The van der Waals surface area contributed by atoms with Crippen molar-refractivity contribution in [3.63, 3.8) is 0 Å². The van der Waals surface area contributed by atoms with E-state index < -0.39 is 0 Å². The van der Waals surface area contributed by atoms with Crippen molar-refractivity contribution in [2.45, 2.75) is 13.8 Å². The van der Waals surface area contributed by atoms with Gasteiger partial charge in [-0.2, -0.15) is 0 Å². The van der Waals surface area contributed by atoms with E-state index in [0.717, 1.165) is 16.7 Å². The van der Waals surface area contributed by atoms with Gasteiger partial charge in [-0.25, -0.2) is 0 Å². The van der Waals surface area contributed by atoms with Crippen molar-refractivity contribution in [1.29, 1.82) is 0 Å². The zero-order chi connectivity index (χ0) is 22.4. The number of hydrogen-bond acceptors (Lipinski definition) is 1. The van der Waals surface area contributed by atoms with Crippen molar-refractivity contribution in [1.82, 2.24) is 9.55 Å². The SMILES string of the molecule is Cc1ccccc1-c1cc(-c2ccc3c(c2)c2ncccc2n3-c2ccccc2)ccc1C. The first-order valence-corrected chi connectivity index (χ1v) is 11.3. The molecule has 0 radical (unpaired) electrons. The molecule has 0 spiro atoms. The molecule has 0 aliphatic heterocycles. The Bertz CT molecular complexity index is 1620. The number of nitrogens with zero attached hydrogens (tertiary/aromatic N) is 2. The van der Waals surface area contributed by atoms with Gasteiger partial charge in [-0.3, -0.25) is 4.98 Å².